The third-order valence-electron chi connectivity index (χ3n) is 5.07. The van der Waals surface area contributed by atoms with Crippen LogP contribution < -0.4 is 5.32 Å². The Balaban J connectivity index is 2.29. The SMILES string of the molecule is CCC(Cc1ccc(C)cc1)(C(=O)c1ccc(NCCO)cc1)N(C)C. The molecule has 4 nitrogen and oxygen atoms in total. The van der Waals surface area contributed by atoms with Crippen molar-refractivity contribution < 1.29 is 9.90 Å². The van der Waals surface area contributed by atoms with Gasteiger partial charge in [-0.2, -0.15) is 0 Å². The highest BCUT2D eigenvalue weighted by atomic mass is 16.3. The van der Waals surface area contributed by atoms with Gasteiger partial charge in [-0.15, -0.1) is 0 Å². The van der Waals surface area contributed by atoms with E-state index in [1.807, 2.05) is 43.3 Å². The summed E-state index contributed by atoms with van der Waals surface area (Å²) in [5.41, 5.74) is 3.43. The molecule has 2 aromatic carbocycles. The summed E-state index contributed by atoms with van der Waals surface area (Å²) in [4.78, 5) is 15.5. The second-order valence-corrected chi connectivity index (χ2v) is 7.00. The predicted molar refractivity (Wildman–Crippen MR) is 108 cm³/mol. The number of rotatable bonds is 9. The Morgan fingerprint density at radius 1 is 1.08 bits per heavy atom. The van der Waals surface area contributed by atoms with Crippen LogP contribution in [0.2, 0.25) is 0 Å². The fourth-order valence-corrected chi connectivity index (χ4v) is 3.30. The van der Waals surface area contributed by atoms with Crippen LogP contribution in [0.15, 0.2) is 48.5 Å². The summed E-state index contributed by atoms with van der Waals surface area (Å²) < 4.78 is 0. The van der Waals surface area contributed by atoms with Crippen LogP contribution in [-0.4, -0.2) is 48.6 Å². The smallest absolute Gasteiger partial charge is 0.183 e. The molecule has 0 fully saturated rings. The molecule has 0 aromatic heterocycles. The molecule has 0 saturated carbocycles. The molecule has 1 unspecified atom stereocenters. The van der Waals surface area contributed by atoms with Crippen molar-refractivity contribution in [2.75, 3.05) is 32.6 Å². The second-order valence-electron chi connectivity index (χ2n) is 7.00. The highest BCUT2D eigenvalue weighted by molar-refractivity contribution is 6.03. The molecule has 0 saturated heterocycles. The third kappa shape index (κ3) is 4.51. The molecule has 2 N–H and O–H groups in total. The minimum absolute atomic E-state index is 0.0802. The van der Waals surface area contributed by atoms with Gasteiger partial charge in [-0.25, -0.2) is 0 Å². The van der Waals surface area contributed by atoms with Crippen LogP contribution >= 0.6 is 0 Å². The highest BCUT2D eigenvalue weighted by Crippen LogP contribution is 2.28. The topological polar surface area (TPSA) is 52.6 Å². The molecule has 0 aliphatic carbocycles. The average Bonchev–Trinajstić information content (AvgIpc) is 2.65. The van der Waals surface area contributed by atoms with E-state index in [4.69, 9.17) is 5.11 Å². The average molecular weight is 354 g/mol. The first-order valence-corrected chi connectivity index (χ1v) is 9.15. The number of ketones is 1. The maximum Gasteiger partial charge on any atom is 0.183 e. The fourth-order valence-electron chi connectivity index (χ4n) is 3.30. The number of carbonyl (C=O) groups excluding carboxylic acids is 1. The van der Waals surface area contributed by atoms with E-state index in [9.17, 15) is 4.79 Å². The molecule has 2 rings (SSSR count). The first-order chi connectivity index (χ1) is 12.4. The number of hydrogen-bond donors (Lipinski definition) is 2. The van der Waals surface area contributed by atoms with E-state index in [0.717, 1.165) is 12.1 Å². The molecule has 0 amide bonds. The van der Waals surface area contributed by atoms with Crippen LogP contribution in [0.3, 0.4) is 0 Å². The van der Waals surface area contributed by atoms with Gasteiger partial charge in [-0.05, 0) is 63.7 Å². The van der Waals surface area contributed by atoms with Gasteiger partial charge >= 0.3 is 0 Å². The first-order valence-electron chi connectivity index (χ1n) is 9.15. The number of aryl methyl sites for hydroxylation is 1. The van der Waals surface area contributed by atoms with Crippen molar-refractivity contribution in [3.05, 3.63) is 65.2 Å². The maximum absolute atomic E-state index is 13.4. The molecule has 2 aromatic rings. The zero-order chi connectivity index (χ0) is 19.2. The van der Waals surface area contributed by atoms with E-state index in [2.05, 4.69) is 43.4 Å². The van der Waals surface area contributed by atoms with Crippen molar-refractivity contribution in [3.8, 4) is 0 Å². The number of carbonyl (C=O) groups is 1. The van der Waals surface area contributed by atoms with Crippen LogP contribution in [0.4, 0.5) is 5.69 Å². The molecule has 4 heteroatoms. The zero-order valence-electron chi connectivity index (χ0n) is 16.2. The molecular weight excluding hydrogens is 324 g/mol. The number of anilines is 1. The molecule has 0 radical (unpaired) electrons. The lowest BCUT2D eigenvalue weighted by Crippen LogP contribution is -2.52. The van der Waals surface area contributed by atoms with Gasteiger partial charge in [0.15, 0.2) is 5.78 Å². The normalized spacial score (nSPS) is 13.5. The Morgan fingerprint density at radius 2 is 1.69 bits per heavy atom. The number of benzene rings is 2. The number of nitrogens with one attached hydrogen (secondary N) is 1. The standard InChI is InChI=1S/C22H30N2O2/c1-5-22(24(3)4,16-18-8-6-17(2)7-9-18)21(26)19-10-12-20(13-11-19)23-14-15-25/h6-13,23,25H,5,14-16H2,1-4H3. The Hall–Kier alpha value is -2.17. The van der Waals surface area contributed by atoms with Crippen molar-refractivity contribution >= 4 is 11.5 Å². The summed E-state index contributed by atoms with van der Waals surface area (Å²) >= 11 is 0. The van der Waals surface area contributed by atoms with Crippen molar-refractivity contribution in [2.45, 2.75) is 32.2 Å². The van der Waals surface area contributed by atoms with E-state index >= 15 is 0 Å². The van der Waals surface area contributed by atoms with Gasteiger partial charge in [0.1, 0.15) is 0 Å². The third-order valence-corrected chi connectivity index (χ3v) is 5.07. The summed E-state index contributed by atoms with van der Waals surface area (Å²) in [5.74, 6) is 0.138. The lowest BCUT2D eigenvalue weighted by atomic mass is 9.80. The molecular formula is C22H30N2O2. The van der Waals surface area contributed by atoms with Crippen molar-refractivity contribution in [3.63, 3.8) is 0 Å². The van der Waals surface area contributed by atoms with Crippen molar-refractivity contribution in [1.82, 2.24) is 4.90 Å². The van der Waals surface area contributed by atoms with Crippen molar-refractivity contribution in [2.24, 2.45) is 0 Å². The maximum atomic E-state index is 13.4. The van der Waals surface area contributed by atoms with Gasteiger partial charge in [0, 0.05) is 17.8 Å². The van der Waals surface area contributed by atoms with Gasteiger partial charge in [-0.3, -0.25) is 9.69 Å². The minimum Gasteiger partial charge on any atom is -0.395 e. The van der Waals surface area contributed by atoms with Crippen LogP contribution in [-0.2, 0) is 6.42 Å². The molecule has 26 heavy (non-hydrogen) atoms. The number of Topliss-reactive ketones (excluding diaryl/α,β-unsaturated/α-hetero) is 1. The lowest BCUT2D eigenvalue weighted by molar-refractivity contribution is 0.0666. The summed E-state index contributed by atoms with van der Waals surface area (Å²) in [5, 5.41) is 12.0. The molecule has 0 aliphatic rings. The van der Waals surface area contributed by atoms with Gasteiger partial charge in [0.25, 0.3) is 0 Å². The first kappa shape index (κ1) is 20.1. The van der Waals surface area contributed by atoms with Gasteiger partial charge in [0.05, 0.1) is 12.1 Å². The van der Waals surface area contributed by atoms with Crippen LogP contribution in [0, 0.1) is 6.92 Å². The molecule has 1 atom stereocenters. The molecule has 0 heterocycles. The van der Waals surface area contributed by atoms with E-state index in [0.29, 0.717) is 18.5 Å². The quantitative estimate of drug-likeness (QED) is 0.677. The zero-order valence-corrected chi connectivity index (χ0v) is 16.2. The number of likely N-dealkylation sites (N-methyl/N-ethyl adjacent to an activating group) is 1. The van der Waals surface area contributed by atoms with Crippen molar-refractivity contribution in [1.29, 1.82) is 0 Å². The monoisotopic (exact) mass is 354 g/mol. The second kappa shape index (κ2) is 8.97. The Labute approximate surface area is 156 Å². The molecule has 0 aliphatic heterocycles. The fraction of sp³-hybridized carbons (Fsp3) is 0.409. The minimum atomic E-state index is -0.574. The molecule has 0 spiro atoms. The Bertz CT molecular complexity index is 708. The van der Waals surface area contributed by atoms with E-state index in [-0.39, 0.29) is 12.4 Å². The van der Waals surface area contributed by atoms with Gasteiger partial charge < -0.3 is 10.4 Å². The predicted octanol–water partition coefficient (Wildman–Crippen LogP) is 3.54. The van der Waals surface area contributed by atoms with E-state index < -0.39 is 5.54 Å². The summed E-state index contributed by atoms with van der Waals surface area (Å²) in [6.07, 6.45) is 1.41. The van der Waals surface area contributed by atoms with Gasteiger partial charge in [0.2, 0.25) is 0 Å². The van der Waals surface area contributed by atoms with Crippen LogP contribution in [0.1, 0.15) is 34.8 Å². The highest BCUT2D eigenvalue weighted by Gasteiger charge is 2.39. The lowest BCUT2D eigenvalue weighted by Gasteiger charge is -2.38. The molecule has 0 bridgehead atoms. The largest absolute Gasteiger partial charge is 0.395 e. The number of aliphatic hydroxyl groups is 1. The van der Waals surface area contributed by atoms with Gasteiger partial charge in [-0.1, -0.05) is 36.8 Å². The van der Waals surface area contributed by atoms with E-state index in [1.54, 1.807) is 0 Å². The Kier molecular flexibility index (Phi) is 6.95. The Morgan fingerprint density at radius 3 is 2.19 bits per heavy atom. The summed E-state index contributed by atoms with van der Waals surface area (Å²) in [6.45, 7) is 4.72. The summed E-state index contributed by atoms with van der Waals surface area (Å²) in [7, 11) is 3.96. The number of nitrogens with zero attached hydrogens (tertiary/aromatic N) is 1. The number of hydrogen-bond acceptors (Lipinski definition) is 4. The van der Waals surface area contributed by atoms with Crippen LogP contribution in [0.25, 0.3) is 0 Å². The van der Waals surface area contributed by atoms with Crippen LogP contribution in [0.5, 0.6) is 0 Å². The molecule has 140 valence electrons. The summed E-state index contributed by atoms with van der Waals surface area (Å²) in [6, 6.07) is 15.9. The van der Waals surface area contributed by atoms with E-state index in [1.165, 1.54) is 11.1 Å². The number of aliphatic hydroxyl groups excluding tert-OH is 1.